The van der Waals surface area contributed by atoms with Gasteiger partial charge in [-0.3, -0.25) is 9.48 Å². The van der Waals surface area contributed by atoms with Crippen LogP contribution in [0.5, 0.6) is 0 Å². The van der Waals surface area contributed by atoms with E-state index in [4.69, 9.17) is 10.9 Å². The smallest absolute Gasteiger partial charge is 0.258 e. The summed E-state index contributed by atoms with van der Waals surface area (Å²) in [5.74, 6) is -0.0999. The number of nitrogens with one attached hydrogen (secondary N) is 1. The molecular formula is C12H11BrIN5O2. The Labute approximate surface area is 142 Å². The second-order valence-electron chi connectivity index (χ2n) is 4.09. The van der Waals surface area contributed by atoms with Crippen molar-refractivity contribution in [2.24, 2.45) is 17.9 Å². The molecule has 110 valence electrons. The van der Waals surface area contributed by atoms with Crippen molar-refractivity contribution in [2.45, 2.75) is 0 Å². The van der Waals surface area contributed by atoms with E-state index in [-0.39, 0.29) is 11.7 Å². The molecule has 0 radical (unpaired) electrons. The number of anilines is 1. The third-order valence-corrected chi connectivity index (χ3v) is 4.09. The number of benzene rings is 1. The van der Waals surface area contributed by atoms with Crippen molar-refractivity contribution >= 4 is 56.1 Å². The lowest BCUT2D eigenvalue weighted by molar-refractivity contribution is 0.102. The van der Waals surface area contributed by atoms with Gasteiger partial charge in [-0.1, -0.05) is 5.16 Å². The number of aromatic nitrogens is 2. The van der Waals surface area contributed by atoms with Gasteiger partial charge in [0.15, 0.2) is 5.84 Å². The van der Waals surface area contributed by atoms with Gasteiger partial charge in [-0.05, 0) is 56.7 Å². The van der Waals surface area contributed by atoms with Gasteiger partial charge in [-0.2, -0.15) is 5.10 Å². The number of nitrogens with two attached hydrogens (primary N) is 1. The van der Waals surface area contributed by atoms with Gasteiger partial charge in [0.05, 0.1) is 17.3 Å². The van der Waals surface area contributed by atoms with Crippen molar-refractivity contribution < 1.29 is 10.0 Å². The second-order valence-corrected chi connectivity index (χ2v) is 6.19. The highest BCUT2D eigenvalue weighted by molar-refractivity contribution is 14.1. The largest absolute Gasteiger partial charge is 0.409 e. The lowest BCUT2D eigenvalue weighted by Crippen LogP contribution is -2.20. The van der Waals surface area contributed by atoms with Crippen LogP contribution in [0.15, 0.2) is 34.0 Å². The van der Waals surface area contributed by atoms with Crippen LogP contribution in [0.3, 0.4) is 0 Å². The minimum atomic E-state index is -0.323. The van der Waals surface area contributed by atoms with Crippen molar-refractivity contribution in [2.75, 3.05) is 5.32 Å². The summed E-state index contributed by atoms with van der Waals surface area (Å²) in [6, 6.07) is 5.43. The first-order chi connectivity index (χ1) is 9.93. The molecule has 1 aromatic carbocycles. The number of hydrogen-bond donors (Lipinski definition) is 3. The number of halogens is 2. The number of aryl methyl sites for hydroxylation is 1. The SMILES string of the molecule is Cn1ncc(/C(N)=N/O)c1NC(=O)c1cc(I)ccc1Br. The maximum Gasteiger partial charge on any atom is 0.258 e. The number of carbonyl (C=O) groups is 1. The molecule has 0 aliphatic rings. The fraction of sp³-hybridized carbons (Fsp3) is 0.0833. The van der Waals surface area contributed by atoms with Crippen LogP contribution >= 0.6 is 38.5 Å². The maximum absolute atomic E-state index is 12.4. The highest BCUT2D eigenvalue weighted by Gasteiger charge is 2.17. The summed E-state index contributed by atoms with van der Waals surface area (Å²) in [6.07, 6.45) is 1.41. The predicted octanol–water partition coefficient (Wildman–Crippen LogP) is 2.13. The van der Waals surface area contributed by atoms with Crippen LogP contribution in [0, 0.1) is 3.57 Å². The van der Waals surface area contributed by atoms with E-state index in [1.807, 2.05) is 6.07 Å². The van der Waals surface area contributed by atoms with Crippen molar-refractivity contribution in [1.82, 2.24) is 9.78 Å². The Morgan fingerprint density at radius 2 is 2.24 bits per heavy atom. The molecule has 9 heteroatoms. The Hall–Kier alpha value is -1.62. The maximum atomic E-state index is 12.4. The summed E-state index contributed by atoms with van der Waals surface area (Å²) in [6.45, 7) is 0. The standard InChI is InChI=1S/C12H11BrIN5O2/c1-19-11(8(5-16-19)10(15)18-21)17-12(20)7-4-6(14)2-3-9(7)13/h2-5,21H,1H3,(H2,15,18)(H,17,20). The highest BCUT2D eigenvalue weighted by Crippen LogP contribution is 2.22. The normalized spacial score (nSPS) is 11.5. The van der Waals surface area contributed by atoms with Crippen LogP contribution < -0.4 is 11.1 Å². The van der Waals surface area contributed by atoms with E-state index >= 15 is 0 Å². The van der Waals surface area contributed by atoms with Gasteiger partial charge in [-0.25, -0.2) is 0 Å². The number of oxime groups is 1. The molecule has 1 heterocycles. The first-order valence-electron chi connectivity index (χ1n) is 5.70. The van der Waals surface area contributed by atoms with E-state index in [2.05, 4.69) is 54.1 Å². The molecule has 0 spiro atoms. The van der Waals surface area contributed by atoms with E-state index in [1.54, 1.807) is 19.2 Å². The average molecular weight is 464 g/mol. The van der Waals surface area contributed by atoms with Gasteiger partial charge in [0.25, 0.3) is 5.91 Å². The van der Waals surface area contributed by atoms with Gasteiger partial charge < -0.3 is 16.3 Å². The number of carbonyl (C=O) groups excluding carboxylic acids is 1. The van der Waals surface area contributed by atoms with Crippen LogP contribution in [-0.2, 0) is 7.05 Å². The topological polar surface area (TPSA) is 106 Å². The molecule has 0 bridgehead atoms. The molecule has 0 atom stereocenters. The minimum absolute atomic E-state index is 0.125. The van der Waals surface area contributed by atoms with Crippen molar-refractivity contribution in [3.63, 3.8) is 0 Å². The van der Waals surface area contributed by atoms with Crippen molar-refractivity contribution in [3.8, 4) is 0 Å². The zero-order valence-corrected chi connectivity index (χ0v) is 14.6. The fourth-order valence-electron chi connectivity index (χ4n) is 1.67. The van der Waals surface area contributed by atoms with E-state index in [0.29, 0.717) is 21.4 Å². The quantitative estimate of drug-likeness (QED) is 0.213. The van der Waals surface area contributed by atoms with Crippen LogP contribution in [0.2, 0.25) is 0 Å². The summed E-state index contributed by atoms with van der Waals surface area (Å²) < 4.78 is 3.04. The number of amidine groups is 1. The van der Waals surface area contributed by atoms with Gasteiger partial charge in [-0.15, -0.1) is 0 Å². The van der Waals surface area contributed by atoms with Crippen molar-refractivity contribution in [1.29, 1.82) is 0 Å². The lowest BCUT2D eigenvalue weighted by Gasteiger charge is -2.09. The molecule has 2 aromatic rings. The number of amides is 1. The van der Waals surface area contributed by atoms with Gasteiger partial charge in [0.1, 0.15) is 5.82 Å². The summed E-state index contributed by atoms with van der Waals surface area (Å²) in [5, 5.41) is 18.4. The highest BCUT2D eigenvalue weighted by atomic mass is 127. The third-order valence-electron chi connectivity index (χ3n) is 2.73. The van der Waals surface area contributed by atoms with Crippen LogP contribution in [0.1, 0.15) is 15.9 Å². The average Bonchev–Trinajstić information content (AvgIpc) is 2.82. The predicted molar refractivity (Wildman–Crippen MR) is 90.5 cm³/mol. The lowest BCUT2D eigenvalue weighted by atomic mass is 10.2. The molecule has 4 N–H and O–H groups in total. The van der Waals surface area contributed by atoms with Crippen molar-refractivity contribution in [3.05, 3.63) is 43.6 Å². The summed E-state index contributed by atoms with van der Waals surface area (Å²) in [7, 11) is 1.65. The molecule has 1 amide bonds. The Morgan fingerprint density at radius 3 is 2.90 bits per heavy atom. The Balaban J connectivity index is 2.36. The summed E-state index contributed by atoms with van der Waals surface area (Å²) in [5.41, 5.74) is 6.38. The Kier molecular flexibility index (Phi) is 4.83. The summed E-state index contributed by atoms with van der Waals surface area (Å²) >= 11 is 5.46. The Morgan fingerprint density at radius 1 is 1.52 bits per heavy atom. The molecule has 0 fully saturated rings. The minimum Gasteiger partial charge on any atom is -0.409 e. The Bertz CT molecular complexity index is 728. The number of nitrogens with zero attached hydrogens (tertiary/aromatic N) is 3. The molecule has 0 saturated heterocycles. The van der Waals surface area contributed by atoms with Gasteiger partial charge in [0, 0.05) is 15.1 Å². The molecular weight excluding hydrogens is 453 g/mol. The zero-order valence-electron chi connectivity index (χ0n) is 10.8. The van der Waals surface area contributed by atoms with Crippen LogP contribution in [-0.4, -0.2) is 26.7 Å². The summed E-state index contributed by atoms with van der Waals surface area (Å²) in [4.78, 5) is 12.4. The monoisotopic (exact) mass is 463 g/mol. The molecule has 0 aliphatic heterocycles. The molecule has 2 rings (SSSR count). The van der Waals surface area contributed by atoms with E-state index in [9.17, 15) is 4.79 Å². The molecule has 0 saturated carbocycles. The molecule has 1 aromatic heterocycles. The fourth-order valence-corrected chi connectivity index (χ4v) is 2.59. The third kappa shape index (κ3) is 3.35. The van der Waals surface area contributed by atoms with E-state index in [0.717, 1.165) is 3.57 Å². The van der Waals surface area contributed by atoms with Gasteiger partial charge >= 0.3 is 0 Å². The van der Waals surface area contributed by atoms with Crippen LogP contribution in [0.4, 0.5) is 5.82 Å². The van der Waals surface area contributed by atoms with Crippen LogP contribution in [0.25, 0.3) is 0 Å². The van der Waals surface area contributed by atoms with E-state index < -0.39 is 0 Å². The number of hydrogen-bond acceptors (Lipinski definition) is 4. The molecule has 21 heavy (non-hydrogen) atoms. The first kappa shape index (κ1) is 15.8. The molecule has 7 nitrogen and oxygen atoms in total. The van der Waals surface area contributed by atoms with E-state index in [1.165, 1.54) is 10.9 Å². The molecule has 0 unspecified atom stereocenters. The van der Waals surface area contributed by atoms with Gasteiger partial charge in [0.2, 0.25) is 0 Å². The molecule has 0 aliphatic carbocycles. The zero-order chi connectivity index (χ0) is 15.6. The number of rotatable bonds is 3. The first-order valence-corrected chi connectivity index (χ1v) is 7.57. The second kappa shape index (κ2) is 6.43.